The van der Waals surface area contributed by atoms with Gasteiger partial charge in [0.05, 0.1) is 11.0 Å². The van der Waals surface area contributed by atoms with Crippen LogP contribution in [0.25, 0.3) is 16.6 Å². The van der Waals surface area contributed by atoms with Gasteiger partial charge in [0.25, 0.3) is 5.56 Å². The lowest BCUT2D eigenvalue weighted by molar-refractivity contribution is 0.704. The lowest BCUT2D eigenvalue weighted by Gasteiger charge is -2.04. The first-order valence-electron chi connectivity index (χ1n) is 5.92. The Kier molecular flexibility index (Phi) is 1.97. The van der Waals surface area contributed by atoms with Gasteiger partial charge in [-0.25, -0.2) is 4.98 Å². The van der Waals surface area contributed by atoms with Gasteiger partial charge in [0.15, 0.2) is 0 Å². The lowest BCUT2D eigenvalue weighted by atomic mass is 10.4. The Morgan fingerprint density at radius 3 is 2.83 bits per heavy atom. The van der Waals surface area contributed by atoms with Gasteiger partial charge in [-0.1, -0.05) is 0 Å². The van der Waals surface area contributed by atoms with Gasteiger partial charge in [0.1, 0.15) is 10.1 Å². The maximum atomic E-state index is 12.4. The predicted molar refractivity (Wildman–Crippen MR) is 72.9 cm³/mol. The van der Waals surface area contributed by atoms with Crippen molar-refractivity contribution in [2.75, 3.05) is 0 Å². The highest BCUT2D eigenvalue weighted by Crippen LogP contribution is 2.33. The van der Waals surface area contributed by atoms with Crippen molar-refractivity contribution in [2.45, 2.75) is 18.9 Å². The molecule has 1 fully saturated rings. The zero-order chi connectivity index (χ0) is 12.3. The summed E-state index contributed by atoms with van der Waals surface area (Å²) in [6.07, 6.45) is 6.06. The Hall–Kier alpha value is -1.62. The van der Waals surface area contributed by atoms with Gasteiger partial charge in [-0.05, 0) is 47.0 Å². The van der Waals surface area contributed by atoms with E-state index >= 15 is 0 Å². The molecule has 3 aromatic rings. The first kappa shape index (κ1) is 10.3. The van der Waals surface area contributed by atoms with Crippen LogP contribution in [0.4, 0.5) is 0 Å². The summed E-state index contributed by atoms with van der Waals surface area (Å²) in [5.41, 5.74) is 2.59. The van der Waals surface area contributed by atoms with E-state index in [2.05, 4.69) is 20.9 Å². The molecule has 0 atom stereocenters. The van der Waals surface area contributed by atoms with E-state index in [1.165, 1.54) is 0 Å². The minimum Gasteiger partial charge on any atom is -0.309 e. The Balaban J connectivity index is 2.13. The van der Waals surface area contributed by atoms with Gasteiger partial charge >= 0.3 is 0 Å². The lowest BCUT2D eigenvalue weighted by Crippen LogP contribution is -2.19. The van der Waals surface area contributed by atoms with Crippen LogP contribution in [0, 0.1) is 0 Å². The molecule has 5 heteroatoms. The van der Waals surface area contributed by atoms with Gasteiger partial charge in [-0.3, -0.25) is 4.79 Å². The number of pyridine rings is 1. The van der Waals surface area contributed by atoms with Crippen LogP contribution in [0.1, 0.15) is 18.9 Å². The van der Waals surface area contributed by atoms with Gasteiger partial charge < -0.3 is 8.97 Å². The molecule has 3 aromatic heterocycles. The van der Waals surface area contributed by atoms with Crippen LogP contribution >= 0.6 is 15.9 Å². The molecule has 0 aromatic carbocycles. The number of aromatic nitrogens is 3. The summed E-state index contributed by atoms with van der Waals surface area (Å²) in [5.74, 6) is 0. The molecule has 1 aliphatic carbocycles. The molecule has 0 unspecified atom stereocenters. The molecule has 0 aliphatic heterocycles. The number of halogens is 1. The molecule has 18 heavy (non-hydrogen) atoms. The average molecular weight is 304 g/mol. The predicted octanol–water partition coefficient (Wildman–Crippen LogP) is 2.75. The van der Waals surface area contributed by atoms with Crippen LogP contribution < -0.4 is 5.56 Å². The molecular weight excluding hydrogens is 294 g/mol. The molecule has 0 bridgehead atoms. The topological polar surface area (TPSA) is 39.3 Å². The second kappa shape index (κ2) is 3.45. The summed E-state index contributed by atoms with van der Waals surface area (Å²) >= 11 is 3.35. The molecule has 90 valence electrons. The van der Waals surface area contributed by atoms with E-state index in [0.717, 1.165) is 28.5 Å². The highest BCUT2D eigenvalue weighted by Gasteiger charge is 2.25. The van der Waals surface area contributed by atoms with Gasteiger partial charge in [0, 0.05) is 18.4 Å². The highest BCUT2D eigenvalue weighted by atomic mass is 79.9. The van der Waals surface area contributed by atoms with Crippen molar-refractivity contribution in [3.05, 3.63) is 45.5 Å². The monoisotopic (exact) mass is 303 g/mol. The Bertz CT molecular complexity index is 829. The quantitative estimate of drug-likeness (QED) is 0.649. The largest absolute Gasteiger partial charge is 0.309 e. The summed E-state index contributed by atoms with van der Waals surface area (Å²) in [4.78, 5) is 16.8. The molecule has 4 rings (SSSR count). The number of hydrogen-bond donors (Lipinski definition) is 0. The van der Waals surface area contributed by atoms with Crippen molar-refractivity contribution in [3.8, 4) is 0 Å². The fourth-order valence-electron chi connectivity index (χ4n) is 2.39. The van der Waals surface area contributed by atoms with E-state index in [-0.39, 0.29) is 5.56 Å². The molecule has 0 N–H and O–H groups in total. The summed E-state index contributed by atoms with van der Waals surface area (Å²) in [7, 11) is 0. The SMILES string of the molecule is O=c1c2cc3nc(Br)ccc3n2ccn1C1CC1. The number of rotatable bonds is 1. The molecular formula is C13H10BrN3O. The van der Waals surface area contributed by atoms with E-state index in [0.29, 0.717) is 11.6 Å². The van der Waals surface area contributed by atoms with E-state index < -0.39 is 0 Å². The van der Waals surface area contributed by atoms with Gasteiger partial charge in [0.2, 0.25) is 0 Å². The maximum Gasteiger partial charge on any atom is 0.275 e. The van der Waals surface area contributed by atoms with Crippen LogP contribution in [0.3, 0.4) is 0 Å². The number of nitrogens with zero attached hydrogens (tertiary/aromatic N) is 3. The molecule has 0 amide bonds. The van der Waals surface area contributed by atoms with Crippen molar-refractivity contribution in [2.24, 2.45) is 0 Å². The zero-order valence-corrected chi connectivity index (χ0v) is 11.1. The first-order valence-corrected chi connectivity index (χ1v) is 6.72. The molecule has 0 spiro atoms. The van der Waals surface area contributed by atoms with E-state index in [9.17, 15) is 4.79 Å². The third-order valence-corrected chi connectivity index (χ3v) is 3.87. The minimum atomic E-state index is 0.0779. The summed E-state index contributed by atoms with van der Waals surface area (Å²) in [5, 5.41) is 0. The second-order valence-corrected chi connectivity index (χ2v) is 5.49. The third-order valence-electron chi connectivity index (χ3n) is 3.43. The molecule has 4 nitrogen and oxygen atoms in total. The molecule has 1 aliphatic rings. The second-order valence-electron chi connectivity index (χ2n) is 4.68. The number of fused-ring (bicyclic) bond motifs is 3. The average Bonchev–Trinajstić information content (AvgIpc) is 3.11. The van der Waals surface area contributed by atoms with Crippen LogP contribution in [0.15, 0.2) is 40.0 Å². The minimum absolute atomic E-state index is 0.0779. The van der Waals surface area contributed by atoms with Crippen molar-refractivity contribution < 1.29 is 0 Å². The Morgan fingerprint density at radius 1 is 1.22 bits per heavy atom. The van der Waals surface area contributed by atoms with Crippen molar-refractivity contribution in [1.82, 2.24) is 14.0 Å². The highest BCUT2D eigenvalue weighted by molar-refractivity contribution is 9.10. The van der Waals surface area contributed by atoms with Crippen LogP contribution in [-0.2, 0) is 0 Å². The maximum absolute atomic E-state index is 12.4. The molecule has 3 heterocycles. The smallest absolute Gasteiger partial charge is 0.275 e. The molecule has 0 saturated heterocycles. The van der Waals surface area contributed by atoms with Crippen molar-refractivity contribution in [3.63, 3.8) is 0 Å². The summed E-state index contributed by atoms with van der Waals surface area (Å²) in [6.45, 7) is 0. The normalized spacial score (nSPS) is 15.6. The van der Waals surface area contributed by atoms with Crippen LogP contribution in [-0.4, -0.2) is 14.0 Å². The third kappa shape index (κ3) is 1.37. The molecule has 0 radical (unpaired) electrons. The van der Waals surface area contributed by atoms with Gasteiger partial charge in [-0.2, -0.15) is 0 Å². The fraction of sp³-hybridized carbons (Fsp3) is 0.231. The van der Waals surface area contributed by atoms with Crippen molar-refractivity contribution in [1.29, 1.82) is 0 Å². The summed E-state index contributed by atoms with van der Waals surface area (Å²) in [6, 6.07) is 6.13. The first-order chi connectivity index (χ1) is 8.74. The van der Waals surface area contributed by atoms with E-state index in [4.69, 9.17) is 0 Å². The van der Waals surface area contributed by atoms with E-state index in [1.807, 2.05) is 39.6 Å². The van der Waals surface area contributed by atoms with Crippen LogP contribution in [0.5, 0.6) is 0 Å². The van der Waals surface area contributed by atoms with Crippen molar-refractivity contribution >= 4 is 32.5 Å². The molecule has 1 saturated carbocycles. The Morgan fingerprint density at radius 2 is 2.06 bits per heavy atom. The standard InChI is InChI=1S/C13H10BrN3O/c14-12-4-3-10-9(15-12)7-11-13(18)16(8-1-2-8)5-6-17(10)11/h3-8H,1-2H2. The van der Waals surface area contributed by atoms with E-state index in [1.54, 1.807) is 0 Å². The summed E-state index contributed by atoms with van der Waals surface area (Å²) < 4.78 is 4.53. The zero-order valence-electron chi connectivity index (χ0n) is 9.51. The fourth-order valence-corrected chi connectivity index (χ4v) is 2.71. The number of hydrogen-bond acceptors (Lipinski definition) is 2. The van der Waals surface area contributed by atoms with Gasteiger partial charge in [-0.15, -0.1) is 0 Å². The van der Waals surface area contributed by atoms with Crippen LogP contribution in [0.2, 0.25) is 0 Å². The Labute approximate surface area is 111 Å².